The summed E-state index contributed by atoms with van der Waals surface area (Å²) >= 11 is 0.911. The summed E-state index contributed by atoms with van der Waals surface area (Å²) in [5.74, 6) is 0.543. The van der Waals surface area contributed by atoms with E-state index in [-0.39, 0.29) is 10.3 Å². The molecule has 2 aromatic heterocycles. The van der Waals surface area contributed by atoms with Crippen LogP contribution in [0.3, 0.4) is 0 Å². The Kier molecular flexibility index (Phi) is 2.63. The summed E-state index contributed by atoms with van der Waals surface area (Å²) in [4.78, 5) is 17.7. The van der Waals surface area contributed by atoms with E-state index in [2.05, 4.69) is 35.1 Å². The van der Waals surface area contributed by atoms with Crippen LogP contribution < -0.4 is 4.87 Å². The zero-order valence-electron chi connectivity index (χ0n) is 9.44. The first kappa shape index (κ1) is 11.0. The topological polar surface area (TPSA) is 58.6 Å². The third-order valence-corrected chi connectivity index (χ3v) is 2.85. The predicted octanol–water partition coefficient (Wildman–Crippen LogP) is 2.19. The van der Waals surface area contributed by atoms with Crippen molar-refractivity contribution in [1.82, 2.24) is 14.3 Å². The second-order valence-corrected chi connectivity index (χ2v) is 5.36. The van der Waals surface area contributed by atoms with Gasteiger partial charge in [-0.15, -0.1) is 0 Å². The van der Waals surface area contributed by atoms with E-state index in [4.69, 9.17) is 0 Å². The molecular formula is C11H13N3OS. The van der Waals surface area contributed by atoms with Crippen molar-refractivity contribution >= 4 is 11.5 Å². The summed E-state index contributed by atoms with van der Waals surface area (Å²) in [5.41, 5.74) is 1.95. The maximum absolute atomic E-state index is 11.0. The number of pyridine rings is 1. The molecule has 84 valence electrons. The highest BCUT2D eigenvalue weighted by molar-refractivity contribution is 7.03. The third-order valence-electron chi connectivity index (χ3n) is 2.31. The molecule has 1 N–H and O–H groups in total. The number of aromatic amines is 1. The maximum atomic E-state index is 11.0. The molecule has 0 radical (unpaired) electrons. The van der Waals surface area contributed by atoms with Gasteiger partial charge in [-0.05, 0) is 23.1 Å². The van der Waals surface area contributed by atoms with Gasteiger partial charge in [0, 0.05) is 17.7 Å². The fraction of sp³-hybridized carbons (Fsp3) is 0.364. The lowest BCUT2D eigenvalue weighted by Crippen LogP contribution is -2.11. The molecule has 0 spiro atoms. The number of H-pyrrole nitrogens is 1. The molecule has 0 aliphatic heterocycles. The lowest BCUT2D eigenvalue weighted by molar-refractivity contribution is 0.589. The highest BCUT2D eigenvalue weighted by Gasteiger charge is 2.15. The molecule has 5 heteroatoms. The summed E-state index contributed by atoms with van der Waals surface area (Å²) in [5, 5.41) is 0. The SMILES string of the molecule is CC(C)(C)c1ccnc(-c2nsc(=O)[nH]2)c1. The van der Waals surface area contributed by atoms with Crippen LogP contribution in [0.2, 0.25) is 0 Å². The Balaban J connectivity index is 2.48. The number of rotatable bonds is 1. The van der Waals surface area contributed by atoms with Gasteiger partial charge in [0.2, 0.25) is 0 Å². The van der Waals surface area contributed by atoms with Crippen LogP contribution in [-0.4, -0.2) is 14.3 Å². The van der Waals surface area contributed by atoms with Gasteiger partial charge >= 0.3 is 4.87 Å². The first-order valence-electron chi connectivity index (χ1n) is 5.00. The van der Waals surface area contributed by atoms with Gasteiger partial charge in [0.05, 0.1) is 0 Å². The Morgan fingerprint density at radius 1 is 1.38 bits per heavy atom. The predicted molar refractivity (Wildman–Crippen MR) is 64.7 cm³/mol. The van der Waals surface area contributed by atoms with Crippen molar-refractivity contribution in [3.8, 4) is 11.5 Å². The first-order valence-corrected chi connectivity index (χ1v) is 5.77. The monoisotopic (exact) mass is 235 g/mol. The van der Waals surface area contributed by atoms with Gasteiger partial charge in [-0.3, -0.25) is 14.8 Å². The van der Waals surface area contributed by atoms with E-state index in [1.165, 1.54) is 5.56 Å². The molecule has 0 atom stereocenters. The Morgan fingerprint density at radius 3 is 2.69 bits per heavy atom. The summed E-state index contributed by atoms with van der Waals surface area (Å²) in [7, 11) is 0. The highest BCUT2D eigenvalue weighted by Crippen LogP contribution is 2.24. The normalized spacial score (nSPS) is 11.7. The largest absolute Gasteiger partial charge is 0.323 e. The number of nitrogens with one attached hydrogen (secondary N) is 1. The average molecular weight is 235 g/mol. The summed E-state index contributed by atoms with van der Waals surface area (Å²) < 4.78 is 4.02. The van der Waals surface area contributed by atoms with Crippen molar-refractivity contribution in [3.05, 3.63) is 33.6 Å². The average Bonchev–Trinajstić information content (AvgIpc) is 2.64. The van der Waals surface area contributed by atoms with Crippen LogP contribution in [0.4, 0.5) is 0 Å². The molecule has 0 fully saturated rings. The minimum atomic E-state index is -0.155. The van der Waals surface area contributed by atoms with E-state index in [0.717, 1.165) is 11.5 Å². The number of hydrogen-bond donors (Lipinski definition) is 1. The molecule has 0 saturated heterocycles. The second kappa shape index (κ2) is 3.83. The minimum Gasteiger partial charge on any atom is -0.294 e. The molecule has 0 unspecified atom stereocenters. The summed E-state index contributed by atoms with van der Waals surface area (Å²) in [6.45, 7) is 6.40. The minimum absolute atomic E-state index is 0.0635. The van der Waals surface area contributed by atoms with E-state index in [9.17, 15) is 4.79 Å². The van der Waals surface area contributed by atoms with E-state index < -0.39 is 0 Å². The van der Waals surface area contributed by atoms with Crippen LogP contribution in [0.1, 0.15) is 26.3 Å². The molecule has 2 rings (SSSR count). The molecule has 2 aromatic rings. The molecule has 0 aromatic carbocycles. The van der Waals surface area contributed by atoms with Crippen molar-refractivity contribution in [1.29, 1.82) is 0 Å². The first-order chi connectivity index (χ1) is 7.47. The van der Waals surface area contributed by atoms with Gasteiger partial charge in [-0.25, -0.2) is 0 Å². The fourth-order valence-corrected chi connectivity index (χ4v) is 1.82. The van der Waals surface area contributed by atoms with Crippen LogP contribution in [0, 0.1) is 0 Å². The third kappa shape index (κ3) is 2.19. The lowest BCUT2D eigenvalue weighted by Gasteiger charge is -2.18. The second-order valence-electron chi connectivity index (χ2n) is 4.62. The molecule has 0 aliphatic rings. The van der Waals surface area contributed by atoms with Crippen molar-refractivity contribution in [2.45, 2.75) is 26.2 Å². The van der Waals surface area contributed by atoms with E-state index in [0.29, 0.717) is 11.5 Å². The van der Waals surface area contributed by atoms with E-state index in [1.54, 1.807) is 6.20 Å². The smallest absolute Gasteiger partial charge is 0.294 e. The Bertz CT molecular complexity index is 551. The Hall–Kier alpha value is -1.49. The molecule has 0 bridgehead atoms. The Morgan fingerprint density at radius 2 is 2.12 bits per heavy atom. The van der Waals surface area contributed by atoms with Crippen molar-refractivity contribution < 1.29 is 0 Å². The van der Waals surface area contributed by atoms with Gasteiger partial charge in [-0.1, -0.05) is 20.8 Å². The van der Waals surface area contributed by atoms with Crippen LogP contribution >= 0.6 is 11.5 Å². The zero-order chi connectivity index (χ0) is 11.8. The maximum Gasteiger partial charge on any atom is 0.323 e. The van der Waals surface area contributed by atoms with E-state index >= 15 is 0 Å². The van der Waals surface area contributed by atoms with Gasteiger partial charge in [0.25, 0.3) is 0 Å². The summed E-state index contributed by atoms with van der Waals surface area (Å²) in [6.07, 6.45) is 1.74. The quantitative estimate of drug-likeness (QED) is 0.824. The van der Waals surface area contributed by atoms with Crippen LogP contribution in [0.5, 0.6) is 0 Å². The van der Waals surface area contributed by atoms with Crippen molar-refractivity contribution in [3.63, 3.8) is 0 Å². The highest BCUT2D eigenvalue weighted by atomic mass is 32.1. The van der Waals surface area contributed by atoms with Gasteiger partial charge in [-0.2, -0.15) is 4.37 Å². The fourth-order valence-electron chi connectivity index (χ4n) is 1.37. The van der Waals surface area contributed by atoms with Crippen molar-refractivity contribution in [2.24, 2.45) is 0 Å². The number of hydrogen-bond acceptors (Lipinski definition) is 4. The molecule has 2 heterocycles. The van der Waals surface area contributed by atoms with Crippen LogP contribution in [0.15, 0.2) is 23.1 Å². The van der Waals surface area contributed by atoms with Crippen LogP contribution in [0.25, 0.3) is 11.5 Å². The molecule has 0 saturated carbocycles. The zero-order valence-corrected chi connectivity index (χ0v) is 10.3. The summed E-state index contributed by atoms with van der Waals surface area (Å²) in [6, 6.07) is 3.94. The van der Waals surface area contributed by atoms with Crippen LogP contribution in [-0.2, 0) is 5.41 Å². The van der Waals surface area contributed by atoms with Crippen molar-refractivity contribution in [2.75, 3.05) is 0 Å². The van der Waals surface area contributed by atoms with Gasteiger partial charge in [0.15, 0.2) is 5.82 Å². The van der Waals surface area contributed by atoms with Gasteiger partial charge in [0.1, 0.15) is 5.69 Å². The molecule has 0 amide bonds. The molecule has 0 aliphatic carbocycles. The standard InChI is InChI=1S/C11H13N3OS/c1-11(2,3)7-4-5-12-8(6-7)9-13-10(15)16-14-9/h4-6H,1-3H3,(H,13,14,15). The molecule has 16 heavy (non-hydrogen) atoms. The van der Waals surface area contributed by atoms with E-state index in [1.807, 2.05) is 12.1 Å². The molecule has 4 nitrogen and oxygen atoms in total. The lowest BCUT2D eigenvalue weighted by atomic mass is 9.87. The number of aromatic nitrogens is 3. The Labute approximate surface area is 97.6 Å². The van der Waals surface area contributed by atoms with Gasteiger partial charge < -0.3 is 0 Å². The number of nitrogens with zero attached hydrogens (tertiary/aromatic N) is 2. The molecular weight excluding hydrogens is 222 g/mol.